The third-order valence-corrected chi connectivity index (χ3v) is 15.0. The Morgan fingerprint density at radius 2 is 0.628 bits per heavy atom. The summed E-state index contributed by atoms with van der Waals surface area (Å²) in [5.74, 6) is -0.815. The minimum atomic E-state index is -4.41. The number of carbonyl (C=O) groups is 2. The Kier molecular flexibility index (Phi) is 61.8. The molecule has 0 saturated heterocycles. The molecule has 0 radical (unpaired) electrons. The molecule has 488 valence electrons. The van der Waals surface area contributed by atoms with Crippen molar-refractivity contribution in [1.82, 2.24) is 0 Å². The van der Waals surface area contributed by atoms with Crippen molar-refractivity contribution in [3.05, 3.63) is 158 Å². The molecule has 0 aliphatic carbocycles. The van der Waals surface area contributed by atoms with Gasteiger partial charge in [-0.15, -0.1) is 0 Å². The number of carbonyl (C=O) groups excluding carboxylic acids is 2. The van der Waals surface area contributed by atoms with Gasteiger partial charge in [-0.3, -0.25) is 18.6 Å². The van der Waals surface area contributed by atoms with Crippen LogP contribution >= 0.6 is 7.82 Å². The summed E-state index contributed by atoms with van der Waals surface area (Å²) in [5.41, 5.74) is 0. The van der Waals surface area contributed by atoms with Gasteiger partial charge in [-0.25, -0.2) is 4.57 Å². The van der Waals surface area contributed by atoms with Gasteiger partial charge in [0.2, 0.25) is 0 Å². The van der Waals surface area contributed by atoms with Crippen molar-refractivity contribution in [3.8, 4) is 0 Å². The van der Waals surface area contributed by atoms with E-state index in [1.54, 1.807) is 0 Å². The van der Waals surface area contributed by atoms with Crippen molar-refractivity contribution in [2.24, 2.45) is 0 Å². The molecule has 0 aliphatic heterocycles. The molecule has 0 spiro atoms. The zero-order valence-corrected chi connectivity index (χ0v) is 56.4. The number of phosphoric ester groups is 1. The molecule has 0 aromatic rings. The molecule has 0 amide bonds. The topological polar surface area (TPSA) is 108 Å². The highest BCUT2D eigenvalue weighted by Gasteiger charge is 2.27. The molecule has 0 rings (SSSR count). The van der Waals surface area contributed by atoms with Crippen LogP contribution in [0.2, 0.25) is 0 Å². The van der Waals surface area contributed by atoms with Crippen LogP contribution in [0.15, 0.2) is 158 Å². The highest BCUT2D eigenvalue weighted by molar-refractivity contribution is 7.47. The van der Waals surface area contributed by atoms with E-state index < -0.39 is 26.5 Å². The van der Waals surface area contributed by atoms with E-state index in [-0.39, 0.29) is 32.0 Å². The number of unbranched alkanes of at least 4 members (excludes halogenated alkanes) is 21. The quantitative estimate of drug-likeness (QED) is 0.0211. The Bertz CT molecular complexity index is 2010. The molecule has 1 N–H and O–H groups in total. The third kappa shape index (κ3) is 68.7. The Morgan fingerprint density at radius 3 is 0.930 bits per heavy atom. The number of quaternary nitrogens is 1. The predicted molar refractivity (Wildman–Crippen MR) is 371 cm³/mol. The summed E-state index contributed by atoms with van der Waals surface area (Å²) >= 11 is 0. The summed E-state index contributed by atoms with van der Waals surface area (Å²) in [7, 11) is 1.45. The van der Waals surface area contributed by atoms with Crippen LogP contribution in [0.5, 0.6) is 0 Å². The van der Waals surface area contributed by atoms with Gasteiger partial charge in [-0.05, 0) is 122 Å². The summed E-state index contributed by atoms with van der Waals surface area (Å²) in [6.45, 7) is 4.19. The lowest BCUT2D eigenvalue weighted by Crippen LogP contribution is -2.37. The number of ether oxygens (including phenoxy) is 2. The fourth-order valence-corrected chi connectivity index (χ4v) is 9.62. The van der Waals surface area contributed by atoms with Gasteiger partial charge in [-0.1, -0.05) is 281 Å². The minimum Gasteiger partial charge on any atom is -0.462 e. The molecule has 0 bridgehead atoms. The Labute approximate surface area is 528 Å². The molecule has 0 aromatic heterocycles. The average Bonchev–Trinajstić information content (AvgIpc) is 3.70. The number of rotatable bonds is 61. The molecule has 2 unspecified atom stereocenters. The summed E-state index contributed by atoms with van der Waals surface area (Å²) in [6, 6.07) is 0. The molecular weight excluding hydrogens is 1090 g/mol. The summed E-state index contributed by atoms with van der Waals surface area (Å²) in [5, 5.41) is 0. The standard InChI is InChI=1S/C76H126NO8P/c1-6-8-10-12-14-16-18-20-22-24-26-28-30-32-34-36-37-38-39-41-43-45-47-49-51-53-55-57-59-61-63-65-67-69-76(79)85-74(73-84-86(80,81)83-71-70-77(3,4)5)72-82-75(78)68-66-64-62-60-58-56-54-52-50-48-46-44-42-40-35-33-31-29-27-25-23-21-19-17-15-13-11-9-7-2/h8-11,14-17,20-23,26-29,32-35,37-38,41,43,47,49,74H,6-7,12-13,18-19,24-25,30-31,36,39-40,42,44-46,48,50-73H2,1-5H3/p+1/b10-8-,11-9-,16-14-,17-15-,22-20-,23-21-,28-26-,29-27-,34-32-,35-33-,38-37-,43-41-,49-47-. The van der Waals surface area contributed by atoms with E-state index >= 15 is 0 Å². The van der Waals surface area contributed by atoms with E-state index in [2.05, 4.69) is 172 Å². The molecule has 0 aromatic carbocycles. The molecule has 9 nitrogen and oxygen atoms in total. The van der Waals surface area contributed by atoms with Gasteiger partial charge in [-0.2, -0.15) is 0 Å². The van der Waals surface area contributed by atoms with Crippen LogP contribution in [0, 0.1) is 0 Å². The Balaban J connectivity index is 4.14. The molecule has 0 saturated carbocycles. The largest absolute Gasteiger partial charge is 0.472 e. The van der Waals surface area contributed by atoms with Crippen LogP contribution in [0.25, 0.3) is 0 Å². The average molecular weight is 1210 g/mol. The molecular formula is C76H127NO8P+. The zero-order chi connectivity index (χ0) is 62.6. The van der Waals surface area contributed by atoms with Crippen molar-refractivity contribution in [2.75, 3.05) is 47.5 Å². The highest BCUT2D eigenvalue weighted by Crippen LogP contribution is 2.43. The van der Waals surface area contributed by atoms with Gasteiger partial charge >= 0.3 is 19.8 Å². The van der Waals surface area contributed by atoms with Crippen LogP contribution in [-0.2, 0) is 32.7 Å². The van der Waals surface area contributed by atoms with Crippen molar-refractivity contribution < 1.29 is 42.1 Å². The molecule has 0 fully saturated rings. The van der Waals surface area contributed by atoms with Crippen LogP contribution in [0.1, 0.15) is 258 Å². The number of phosphoric acid groups is 1. The van der Waals surface area contributed by atoms with Gasteiger partial charge < -0.3 is 18.9 Å². The monoisotopic (exact) mass is 1210 g/mol. The number of likely N-dealkylation sites (N-methyl/N-ethyl adjacent to an activating group) is 1. The summed E-state index contributed by atoms with van der Waals surface area (Å²) in [4.78, 5) is 35.9. The van der Waals surface area contributed by atoms with E-state index in [9.17, 15) is 19.0 Å². The fourth-order valence-electron chi connectivity index (χ4n) is 8.88. The second-order valence-electron chi connectivity index (χ2n) is 23.4. The number of nitrogens with zero attached hydrogens (tertiary/aromatic N) is 1. The third-order valence-electron chi connectivity index (χ3n) is 14.1. The van der Waals surface area contributed by atoms with Gasteiger partial charge in [0.05, 0.1) is 27.7 Å². The SMILES string of the molecule is CC/C=C\C/C=C\C/C=C\C/C=C\C/C=C\C/C=C\C/C=C\C/C=C\CCCCCCCCCCC(=O)OC(COC(=O)CCCCCCCCCCCCCCC/C=C\C/C=C\C/C=C\C/C=C\C/C=C\CC)COP(=O)(O)OCC[N+](C)(C)C. The fraction of sp³-hybridized carbons (Fsp3) is 0.632. The Hall–Kier alpha value is -4.37. The van der Waals surface area contributed by atoms with Crippen LogP contribution in [0.3, 0.4) is 0 Å². The summed E-state index contributed by atoms with van der Waals surface area (Å²) in [6.07, 6.45) is 97.6. The van der Waals surface area contributed by atoms with Crippen LogP contribution in [0.4, 0.5) is 0 Å². The maximum atomic E-state index is 12.9. The van der Waals surface area contributed by atoms with Gasteiger partial charge in [0.1, 0.15) is 19.8 Å². The second kappa shape index (κ2) is 65.1. The minimum absolute atomic E-state index is 0.0219. The van der Waals surface area contributed by atoms with E-state index in [0.717, 1.165) is 128 Å². The lowest BCUT2D eigenvalue weighted by Gasteiger charge is -2.24. The first kappa shape index (κ1) is 81.6. The first-order valence-corrected chi connectivity index (χ1v) is 35.7. The number of hydrogen-bond donors (Lipinski definition) is 1. The first-order chi connectivity index (χ1) is 42.0. The lowest BCUT2D eigenvalue weighted by atomic mass is 10.0. The van der Waals surface area contributed by atoms with Crippen molar-refractivity contribution in [2.45, 2.75) is 264 Å². The smallest absolute Gasteiger partial charge is 0.462 e. The van der Waals surface area contributed by atoms with Gasteiger partial charge in [0.15, 0.2) is 6.10 Å². The molecule has 86 heavy (non-hydrogen) atoms. The normalized spacial score (nSPS) is 14.2. The van der Waals surface area contributed by atoms with Crippen molar-refractivity contribution >= 4 is 19.8 Å². The van der Waals surface area contributed by atoms with Crippen LogP contribution in [-0.4, -0.2) is 74.9 Å². The molecule has 2 atom stereocenters. The molecule has 10 heteroatoms. The van der Waals surface area contributed by atoms with E-state index in [1.165, 1.54) is 96.3 Å². The number of allylic oxidation sites excluding steroid dienone is 26. The van der Waals surface area contributed by atoms with Crippen LogP contribution < -0.4 is 0 Å². The number of esters is 2. The first-order valence-electron chi connectivity index (χ1n) is 34.2. The maximum absolute atomic E-state index is 12.9. The Morgan fingerprint density at radius 1 is 0.360 bits per heavy atom. The van der Waals surface area contributed by atoms with Crippen molar-refractivity contribution in [1.29, 1.82) is 0 Å². The lowest BCUT2D eigenvalue weighted by molar-refractivity contribution is -0.870. The van der Waals surface area contributed by atoms with E-state index in [4.69, 9.17) is 18.5 Å². The highest BCUT2D eigenvalue weighted by atomic mass is 31.2. The predicted octanol–water partition coefficient (Wildman–Crippen LogP) is 22.4. The molecule has 0 aliphatic rings. The number of hydrogen-bond acceptors (Lipinski definition) is 7. The second-order valence-corrected chi connectivity index (χ2v) is 24.9. The van der Waals surface area contributed by atoms with E-state index in [1.807, 2.05) is 21.1 Å². The molecule has 0 heterocycles. The van der Waals surface area contributed by atoms with Crippen molar-refractivity contribution in [3.63, 3.8) is 0 Å². The zero-order valence-electron chi connectivity index (χ0n) is 55.5. The maximum Gasteiger partial charge on any atom is 0.472 e. The van der Waals surface area contributed by atoms with Gasteiger partial charge in [0, 0.05) is 12.8 Å². The summed E-state index contributed by atoms with van der Waals surface area (Å²) < 4.78 is 34.7. The van der Waals surface area contributed by atoms with Gasteiger partial charge in [0.25, 0.3) is 0 Å². The van der Waals surface area contributed by atoms with E-state index in [0.29, 0.717) is 17.4 Å².